The third-order valence-corrected chi connectivity index (χ3v) is 19.9. The van der Waals surface area contributed by atoms with E-state index in [1.165, 1.54) is 135 Å². The molecule has 1 aliphatic carbocycles. The van der Waals surface area contributed by atoms with Crippen LogP contribution in [-0.2, 0) is 18.5 Å². The van der Waals surface area contributed by atoms with E-state index in [1.54, 1.807) is 0 Å². The topological polar surface area (TPSA) is 7.76 Å². The highest BCUT2D eigenvalue weighted by molar-refractivity contribution is 5.97. The third kappa shape index (κ3) is 9.60. The average molecular weight is 1130 g/mol. The SMILES string of the molecule is CCCCc1cccc2c3[n+](ccc12)C1(C[n+]2ccccc2-c2cc(-c4cccc(-c5cc(-c6cc(-c7ccccc7)cc(-c7ccccc7)c6)cc(-c6cc(-c7ccccc7)cc(-c7ccccc7)c6)c5)c4)ccc2C)C(c2ccccc2-3)C1(C)CC. The maximum Gasteiger partial charge on any atom is 0.239 e. The molecule has 2 heteroatoms. The molecule has 2 aromatic heterocycles. The van der Waals surface area contributed by atoms with Crippen molar-refractivity contribution in [2.45, 2.75) is 71.4 Å². The molecule has 3 atom stereocenters. The van der Waals surface area contributed by atoms with Crippen LogP contribution in [0.5, 0.6) is 0 Å². The first-order valence-corrected chi connectivity index (χ1v) is 31.7. The monoisotopic (exact) mass is 1130 g/mol. The molecule has 13 aromatic rings. The van der Waals surface area contributed by atoms with Gasteiger partial charge in [0.2, 0.25) is 23.5 Å². The molecule has 15 rings (SSSR count). The Hall–Kier alpha value is -10.0. The van der Waals surface area contributed by atoms with Crippen LogP contribution < -0.4 is 9.13 Å². The molecule has 0 amide bonds. The summed E-state index contributed by atoms with van der Waals surface area (Å²) in [5.41, 5.74) is 28.2. The van der Waals surface area contributed by atoms with Crippen LogP contribution in [0.4, 0.5) is 0 Å². The minimum atomic E-state index is -0.176. The van der Waals surface area contributed by atoms with E-state index in [4.69, 9.17) is 0 Å². The molecular formula is C86H72N2+2. The Morgan fingerprint density at radius 3 is 1.34 bits per heavy atom. The highest BCUT2D eigenvalue weighted by atomic mass is 15.2. The van der Waals surface area contributed by atoms with E-state index in [1.807, 2.05) is 0 Å². The van der Waals surface area contributed by atoms with Crippen LogP contribution >= 0.6 is 0 Å². The van der Waals surface area contributed by atoms with E-state index in [-0.39, 0.29) is 11.0 Å². The van der Waals surface area contributed by atoms with Gasteiger partial charge in [-0.1, -0.05) is 209 Å². The average Bonchev–Trinajstić information content (AvgIpc) is 1.47. The Kier molecular flexibility index (Phi) is 14.1. The molecular weight excluding hydrogens is 1060 g/mol. The highest BCUT2D eigenvalue weighted by Crippen LogP contribution is 2.74. The number of aryl methyl sites for hydroxylation is 2. The van der Waals surface area contributed by atoms with Gasteiger partial charge in [-0.15, -0.1) is 0 Å². The van der Waals surface area contributed by atoms with Crippen LogP contribution in [-0.4, -0.2) is 0 Å². The predicted octanol–water partition coefficient (Wildman–Crippen LogP) is 21.7. The second-order valence-electron chi connectivity index (χ2n) is 24.9. The fourth-order valence-corrected chi connectivity index (χ4v) is 15.1. The van der Waals surface area contributed by atoms with Gasteiger partial charge in [-0.2, -0.15) is 9.13 Å². The highest BCUT2D eigenvalue weighted by Gasteiger charge is 2.85. The molecule has 3 heterocycles. The molecule has 88 heavy (non-hydrogen) atoms. The zero-order valence-electron chi connectivity index (χ0n) is 50.8. The summed E-state index contributed by atoms with van der Waals surface area (Å²) in [4.78, 5) is 0. The molecule has 1 saturated carbocycles. The summed E-state index contributed by atoms with van der Waals surface area (Å²) in [5, 5.41) is 2.75. The summed E-state index contributed by atoms with van der Waals surface area (Å²) >= 11 is 0. The van der Waals surface area contributed by atoms with Crippen LogP contribution in [0.1, 0.15) is 62.6 Å². The van der Waals surface area contributed by atoms with E-state index in [0.29, 0.717) is 5.92 Å². The van der Waals surface area contributed by atoms with Crippen LogP contribution in [0.3, 0.4) is 0 Å². The number of hydrogen-bond acceptors (Lipinski definition) is 0. The standard InChI is InChI=1S/C86H72N2/c1-5-7-26-64-35-25-40-78-77(64)44-46-88-83(78)79-38-20-21-39-80(79)84-85(4,6-2)86(84,88)58-87-45-23-22-41-82(87)81-57-67(43-42-59(81)3)65-36-24-37-66(47-65)72-54-75(73-50-68(60-27-12-8-13-28-60)48-69(51-73)61-29-14-9-15-30-61)56-76(55-72)74-52-70(62-31-16-10-17-32-62)49-71(53-74)63-33-18-11-19-34-63/h8-25,27-57,84H,5-7,26,58H2,1-4H3/q+2. The molecule has 2 aliphatic rings. The second-order valence-corrected chi connectivity index (χ2v) is 24.9. The summed E-state index contributed by atoms with van der Waals surface area (Å²) in [6.07, 6.45) is 9.36. The lowest BCUT2D eigenvalue weighted by Gasteiger charge is -2.23. The molecule has 0 bridgehead atoms. The number of rotatable bonds is 15. The molecule has 1 fully saturated rings. The van der Waals surface area contributed by atoms with Gasteiger partial charge in [-0.25, -0.2) is 0 Å². The Bertz CT molecular complexity index is 4500. The maximum absolute atomic E-state index is 2.73. The number of unbranched alkanes of at least 4 members (excludes halogenated alkanes) is 1. The molecule has 0 radical (unpaired) electrons. The van der Waals surface area contributed by atoms with Crippen molar-refractivity contribution in [3.8, 4) is 112 Å². The Balaban J connectivity index is 0.858. The quantitative estimate of drug-likeness (QED) is 0.0904. The minimum Gasteiger partial charge on any atom is -0.191 e. The first kappa shape index (κ1) is 54.6. The van der Waals surface area contributed by atoms with Crippen LogP contribution in [0.15, 0.2) is 298 Å². The summed E-state index contributed by atoms with van der Waals surface area (Å²) in [6.45, 7) is 10.4. The van der Waals surface area contributed by atoms with Crippen molar-refractivity contribution in [1.29, 1.82) is 0 Å². The summed E-state index contributed by atoms with van der Waals surface area (Å²) in [6, 6.07) is 107. The number of nitrogens with zero attached hydrogens (tertiary/aromatic N) is 2. The zero-order chi connectivity index (χ0) is 59.3. The molecule has 0 N–H and O–H groups in total. The van der Waals surface area contributed by atoms with Gasteiger partial charge in [-0.05, 0) is 222 Å². The van der Waals surface area contributed by atoms with Gasteiger partial charge in [0.25, 0.3) is 0 Å². The van der Waals surface area contributed by atoms with E-state index in [0.717, 1.165) is 36.1 Å². The summed E-state index contributed by atoms with van der Waals surface area (Å²) < 4.78 is 5.32. The number of fused-ring (bicyclic) bond motifs is 8. The van der Waals surface area contributed by atoms with Gasteiger partial charge < -0.3 is 0 Å². The molecule has 0 saturated heterocycles. The van der Waals surface area contributed by atoms with Crippen molar-refractivity contribution in [3.05, 3.63) is 314 Å². The minimum absolute atomic E-state index is 0.0326. The first-order valence-electron chi connectivity index (χ1n) is 31.7. The van der Waals surface area contributed by atoms with Crippen molar-refractivity contribution in [1.82, 2.24) is 0 Å². The number of hydrogen-bond donors (Lipinski definition) is 0. The van der Waals surface area contributed by atoms with Gasteiger partial charge in [0.05, 0.1) is 22.3 Å². The first-order chi connectivity index (χ1) is 43.3. The lowest BCUT2D eigenvalue weighted by atomic mass is 9.88. The van der Waals surface area contributed by atoms with Gasteiger partial charge in [0.15, 0.2) is 12.4 Å². The van der Waals surface area contributed by atoms with Gasteiger partial charge in [-0.3, -0.25) is 0 Å². The van der Waals surface area contributed by atoms with Gasteiger partial charge in [0.1, 0.15) is 0 Å². The van der Waals surface area contributed by atoms with E-state index in [9.17, 15) is 0 Å². The molecule has 424 valence electrons. The number of benzene rings is 11. The Morgan fingerprint density at radius 2 is 0.807 bits per heavy atom. The van der Waals surface area contributed by atoms with Crippen molar-refractivity contribution in [2.24, 2.45) is 5.41 Å². The van der Waals surface area contributed by atoms with Gasteiger partial charge in [0, 0.05) is 23.8 Å². The fourth-order valence-electron chi connectivity index (χ4n) is 15.1. The van der Waals surface area contributed by atoms with Gasteiger partial charge >= 0.3 is 0 Å². The Labute approximate surface area is 519 Å². The van der Waals surface area contributed by atoms with Crippen molar-refractivity contribution < 1.29 is 9.13 Å². The second kappa shape index (κ2) is 22.7. The van der Waals surface area contributed by atoms with E-state index < -0.39 is 0 Å². The van der Waals surface area contributed by atoms with Crippen LogP contribution in [0.2, 0.25) is 0 Å². The molecule has 0 spiro atoms. The van der Waals surface area contributed by atoms with Crippen molar-refractivity contribution >= 4 is 10.8 Å². The summed E-state index contributed by atoms with van der Waals surface area (Å²) in [5.74, 6) is 0.367. The van der Waals surface area contributed by atoms with Crippen molar-refractivity contribution in [3.63, 3.8) is 0 Å². The number of pyridine rings is 2. The van der Waals surface area contributed by atoms with Crippen LogP contribution in [0, 0.1) is 12.3 Å². The third-order valence-electron chi connectivity index (χ3n) is 19.9. The molecule has 11 aromatic carbocycles. The maximum atomic E-state index is 2.73. The molecule has 3 unspecified atom stereocenters. The lowest BCUT2D eigenvalue weighted by Crippen LogP contribution is -2.60. The van der Waals surface area contributed by atoms with E-state index >= 15 is 0 Å². The summed E-state index contributed by atoms with van der Waals surface area (Å²) in [7, 11) is 0. The Morgan fingerprint density at radius 1 is 0.364 bits per heavy atom. The number of aromatic nitrogens is 2. The van der Waals surface area contributed by atoms with Crippen molar-refractivity contribution in [2.75, 3.05) is 0 Å². The van der Waals surface area contributed by atoms with E-state index in [2.05, 4.69) is 334 Å². The largest absolute Gasteiger partial charge is 0.239 e. The zero-order valence-corrected chi connectivity index (χ0v) is 50.8. The lowest BCUT2D eigenvalue weighted by molar-refractivity contribution is -0.808. The molecule has 1 aliphatic heterocycles. The smallest absolute Gasteiger partial charge is 0.191 e. The van der Waals surface area contributed by atoms with Crippen LogP contribution in [0.25, 0.3) is 122 Å². The predicted molar refractivity (Wildman–Crippen MR) is 368 cm³/mol. The molecule has 2 nitrogen and oxygen atoms in total. The normalized spacial score (nSPS) is 16.4. The fraction of sp³-hybridized carbons (Fsp3) is 0.140.